The summed E-state index contributed by atoms with van der Waals surface area (Å²) in [6.45, 7) is 8.74. The zero-order chi connectivity index (χ0) is 37.3. The Labute approximate surface area is 314 Å². The maximum atomic E-state index is 12.4. The lowest BCUT2D eigenvalue weighted by atomic mass is 10.2. The molecule has 0 bridgehead atoms. The van der Waals surface area contributed by atoms with Crippen molar-refractivity contribution in [2.75, 3.05) is 46.5 Å². The Bertz CT molecular complexity index is 1680. The van der Waals surface area contributed by atoms with Crippen molar-refractivity contribution < 1.29 is 38.7 Å². The lowest BCUT2D eigenvalue weighted by molar-refractivity contribution is -0.133. The van der Waals surface area contributed by atoms with Gasteiger partial charge in [0.1, 0.15) is 23.4 Å². The van der Waals surface area contributed by atoms with E-state index in [0.717, 1.165) is 36.3 Å². The highest BCUT2D eigenvalue weighted by Crippen LogP contribution is 2.24. The van der Waals surface area contributed by atoms with Gasteiger partial charge in [-0.15, -0.1) is 0 Å². The second kappa shape index (κ2) is 22.0. The maximum absolute atomic E-state index is 12.4. The van der Waals surface area contributed by atoms with Crippen LogP contribution in [0.3, 0.4) is 0 Å². The monoisotopic (exact) mass is 728 g/mol. The summed E-state index contributed by atoms with van der Waals surface area (Å²) in [5.41, 5.74) is 3.62. The summed E-state index contributed by atoms with van der Waals surface area (Å²) >= 11 is 0. The summed E-state index contributed by atoms with van der Waals surface area (Å²) in [4.78, 5) is 27.6. The largest absolute Gasteiger partial charge is 0.504 e. The first-order valence-corrected chi connectivity index (χ1v) is 17.9. The third-order valence-corrected chi connectivity index (χ3v) is 8.87. The molecular formula is C43H56N2O8. The number of aliphatic hydroxyl groups excluding tert-OH is 1. The molecule has 2 N–H and O–H groups in total. The van der Waals surface area contributed by atoms with Crippen LogP contribution in [0.25, 0.3) is 0 Å². The van der Waals surface area contributed by atoms with Crippen molar-refractivity contribution in [3.8, 4) is 28.7 Å². The fraction of sp³-hybridized carbons (Fsp3) is 0.395. The molecule has 2 aliphatic rings. The van der Waals surface area contributed by atoms with Crippen molar-refractivity contribution >= 4 is 11.8 Å². The van der Waals surface area contributed by atoms with Crippen LogP contribution in [0, 0.1) is 6.92 Å². The van der Waals surface area contributed by atoms with Crippen LogP contribution in [0.2, 0.25) is 0 Å². The van der Waals surface area contributed by atoms with E-state index in [1.54, 1.807) is 29.2 Å². The molecule has 53 heavy (non-hydrogen) atoms. The lowest BCUT2D eigenvalue weighted by Crippen LogP contribution is -2.34. The molecular weight excluding hydrogens is 672 g/mol. The first-order chi connectivity index (χ1) is 25.2. The van der Waals surface area contributed by atoms with Crippen molar-refractivity contribution in [3.63, 3.8) is 0 Å². The Kier molecular flexibility index (Phi) is 17.5. The van der Waals surface area contributed by atoms with Crippen LogP contribution < -0.4 is 18.9 Å². The van der Waals surface area contributed by atoms with E-state index in [9.17, 15) is 14.7 Å². The van der Waals surface area contributed by atoms with Gasteiger partial charge < -0.3 is 39.0 Å². The number of aryl methyl sites for hydroxylation is 3. The summed E-state index contributed by atoms with van der Waals surface area (Å²) < 4.78 is 21.9. The van der Waals surface area contributed by atoms with E-state index >= 15 is 0 Å². The number of carbonyl (C=O) groups excluding carboxylic acids is 2. The number of likely N-dealkylation sites (tertiary alicyclic amines) is 2. The highest BCUT2D eigenvalue weighted by atomic mass is 16.5. The molecule has 0 spiro atoms. The Morgan fingerprint density at radius 2 is 1.19 bits per heavy atom. The third kappa shape index (κ3) is 13.7. The maximum Gasteiger partial charge on any atom is 0.260 e. The van der Waals surface area contributed by atoms with Gasteiger partial charge in [-0.25, -0.2) is 0 Å². The van der Waals surface area contributed by atoms with Gasteiger partial charge in [-0.1, -0.05) is 75.9 Å². The molecule has 6 rings (SSSR count). The average molecular weight is 729 g/mol. The number of hydrogen-bond acceptors (Lipinski definition) is 8. The fourth-order valence-corrected chi connectivity index (χ4v) is 5.63. The Morgan fingerprint density at radius 3 is 1.64 bits per heavy atom. The minimum absolute atomic E-state index is 0. The summed E-state index contributed by atoms with van der Waals surface area (Å²) in [6.07, 6.45) is 3.18. The quantitative estimate of drug-likeness (QED) is 0.172. The number of aromatic hydroxyl groups is 1. The highest BCUT2D eigenvalue weighted by Gasteiger charge is 2.28. The first kappa shape index (κ1) is 42.2. The van der Waals surface area contributed by atoms with E-state index in [-0.39, 0.29) is 50.4 Å². The summed E-state index contributed by atoms with van der Waals surface area (Å²) in [5, 5.41) is 18.3. The third-order valence-electron chi connectivity index (χ3n) is 8.87. The Morgan fingerprint density at radius 1 is 0.698 bits per heavy atom. The van der Waals surface area contributed by atoms with Gasteiger partial charge in [0.2, 0.25) is 0 Å². The zero-order valence-electron chi connectivity index (χ0n) is 30.7. The van der Waals surface area contributed by atoms with Crippen molar-refractivity contribution in [1.82, 2.24) is 9.80 Å². The normalized spacial score (nSPS) is 15.9. The van der Waals surface area contributed by atoms with E-state index in [1.165, 1.54) is 18.2 Å². The molecule has 2 fully saturated rings. The number of rotatable bonds is 11. The van der Waals surface area contributed by atoms with Gasteiger partial charge in [0.25, 0.3) is 11.8 Å². The van der Waals surface area contributed by atoms with Crippen molar-refractivity contribution in [2.24, 2.45) is 0 Å². The molecule has 2 saturated heterocycles. The van der Waals surface area contributed by atoms with Gasteiger partial charge in [0.05, 0.1) is 19.8 Å². The van der Waals surface area contributed by atoms with E-state index in [1.807, 2.05) is 84.6 Å². The first-order valence-electron chi connectivity index (χ1n) is 17.9. The predicted octanol–water partition coefficient (Wildman–Crippen LogP) is 6.87. The highest BCUT2D eigenvalue weighted by molar-refractivity contribution is 5.78. The van der Waals surface area contributed by atoms with Crippen LogP contribution in [0.5, 0.6) is 28.7 Å². The lowest BCUT2D eigenvalue weighted by Gasteiger charge is -2.18. The summed E-state index contributed by atoms with van der Waals surface area (Å²) in [6, 6.07) is 30.5. The zero-order valence-corrected chi connectivity index (χ0v) is 30.7. The molecule has 2 amide bonds. The number of ether oxygens (including phenoxy) is 4. The molecule has 0 saturated carbocycles. The van der Waals surface area contributed by atoms with Crippen molar-refractivity contribution in [2.45, 2.75) is 66.1 Å². The van der Waals surface area contributed by atoms with Gasteiger partial charge in [-0.05, 0) is 85.3 Å². The van der Waals surface area contributed by atoms with Gasteiger partial charge in [-0.2, -0.15) is 0 Å². The number of nitrogens with zero attached hydrogens (tertiary/aromatic N) is 2. The molecule has 10 nitrogen and oxygen atoms in total. The van der Waals surface area contributed by atoms with Crippen LogP contribution in [0.1, 0.15) is 50.8 Å². The van der Waals surface area contributed by atoms with E-state index < -0.39 is 0 Å². The number of amides is 2. The van der Waals surface area contributed by atoms with Gasteiger partial charge >= 0.3 is 0 Å². The molecule has 0 aliphatic carbocycles. The number of phenolic OH excluding ortho intramolecular Hbond substituents is 1. The number of para-hydroxylation sites is 3. The fourth-order valence-electron chi connectivity index (χ4n) is 5.63. The average Bonchev–Trinajstić information content (AvgIpc) is 3.84. The molecule has 10 heteroatoms. The number of aliphatic hydroxyl groups is 1. The second-order valence-electron chi connectivity index (χ2n) is 12.7. The Hall–Kier alpha value is -5.22. The second-order valence-corrected chi connectivity index (χ2v) is 12.7. The van der Waals surface area contributed by atoms with Crippen molar-refractivity contribution in [3.05, 3.63) is 114 Å². The Balaban J connectivity index is 0.000000235. The molecule has 2 aliphatic heterocycles. The van der Waals surface area contributed by atoms with Crippen molar-refractivity contribution in [1.29, 1.82) is 0 Å². The molecule has 2 atom stereocenters. The SMILES string of the molecule is C.CCc1ccc(OCC(=O)N2CC[C@H](O)C2)cc1.CCc1ccc(OCC(=O)N2CC[C@H](Oc3ccccc3C)C2)cc1.COc1ccccc1O. The molecule has 0 radical (unpaired) electrons. The summed E-state index contributed by atoms with van der Waals surface area (Å²) in [5.74, 6) is 2.98. The molecule has 0 aromatic heterocycles. The predicted molar refractivity (Wildman–Crippen MR) is 208 cm³/mol. The van der Waals surface area contributed by atoms with E-state index in [0.29, 0.717) is 44.1 Å². The topological polar surface area (TPSA) is 118 Å². The number of carbonyl (C=O) groups is 2. The molecule has 2 heterocycles. The molecule has 4 aromatic rings. The number of benzene rings is 4. The van der Waals surface area contributed by atoms with Crippen LogP contribution >= 0.6 is 0 Å². The minimum atomic E-state index is -0.377. The minimum Gasteiger partial charge on any atom is -0.504 e. The van der Waals surface area contributed by atoms with Gasteiger partial charge in [0, 0.05) is 26.1 Å². The molecule has 286 valence electrons. The van der Waals surface area contributed by atoms with Crippen LogP contribution in [-0.2, 0) is 22.4 Å². The van der Waals surface area contributed by atoms with Crippen LogP contribution in [-0.4, -0.2) is 90.5 Å². The number of methoxy groups -OCH3 is 1. The number of hydrogen-bond donors (Lipinski definition) is 2. The molecule has 0 unspecified atom stereocenters. The van der Waals surface area contributed by atoms with E-state index in [2.05, 4.69) is 13.8 Å². The standard InChI is InChI=1S/C21H25NO3.C14H19NO3.C7H8O2.CH4/c1-3-17-8-10-18(11-9-17)24-15-21(23)22-13-12-19(14-22)25-20-7-5-4-6-16(20)2;1-2-11-3-5-13(6-4-11)18-10-14(17)15-8-7-12(16)9-15;1-9-7-5-3-2-4-6(7)8;/h4-11,19H,3,12-15H2,1-2H3;3-6,12,16H,2,7-10H2,1H3;2-5,8H,1H3;1H4/t19-;12-;;/m00../s1. The van der Waals surface area contributed by atoms with Gasteiger partial charge in [-0.3, -0.25) is 9.59 Å². The van der Waals surface area contributed by atoms with Crippen LogP contribution in [0.4, 0.5) is 0 Å². The number of β-amino-alcohol motifs (C(OH)–C–C–N with tert-alkyl or cyclic N) is 1. The molecule has 4 aromatic carbocycles. The smallest absolute Gasteiger partial charge is 0.260 e. The summed E-state index contributed by atoms with van der Waals surface area (Å²) in [7, 11) is 1.52. The van der Waals surface area contributed by atoms with Gasteiger partial charge in [0.15, 0.2) is 24.7 Å². The number of phenols is 1. The van der Waals surface area contributed by atoms with Crippen LogP contribution in [0.15, 0.2) is 97.1 Å². The van der Waals surface area contributed by atoms with E-state index in [4.69, 9.17) is 24.1 Å².